The van der Waals surface area contributed by atoms with E-state index < -0.39 is 0 Å². The molecule has 0 saturated carbocycles. The Kier molecular flexibility index (Phi) is 12.8. The van der Waals surface area contributed by atoms with E-state index in [2.05, 4.69) is 300 Å². The molecule has 0 spiro atoms. The molecule has 0 radical (unpaired) electrons. The van der Waals surface area contributed by atoms with E-state index in [4.69, 9.17) is 0 Å². The molecular weight excluding hydrogens is 1220 g/mol. The molecular formula is C59H47N9Pt2. The van der Waals surface area contributed by atoms with Crippen LogP contribution in [-0.2, 0) is 42.1 Å². The molecule has 11 heteroatoms. The van der Waals surface area contributed by atoms with Gasteiger partial charge in [0.15, 0.2) is 0 Å². The van der Waals surface area contributed by atoms with Crippen LogP contribution in [0.4, 0.5) is 45.5 Å². The summed E-state index contributed by atoms with van der Waals surface area (Å²) in [6.07, 6.45) is 16.7. The van der Waals surface area contributed by atoms with Crippen molar-refractivity contribution < 1.29 is 42.1 Å². The summed E-state index contributed by atoms with van der Waals surface area (Å²) in [7, 11) is 0. The van der Waals surface area contributed by atoms with Crippen LogP contribution in [-0.4, -0.2) is 4.57 Å². The largest absolute Gasteiger partial charge is 4.00 e. The van der Waals surface area contributed by atoms with Gasteiger partial charge in [-0.15, -0.1) is 57.1 Å². The number of aromatic nitrogens is 1. The first-order valence-electron chi connectivity index (χ1n) is 22.8. The first-order valence-corrected chi connectivity index (χ1v) is 22.8. The summed E-state index contributed by atoms with van der Waals surface area (Å²) in [6.45, 7) is 19.0. The van der Waals surface area contributed by atoms with Gasteiger partial charge in [0.25, 0.3) is 0 Å². The Morgan fingerprint density at radius 2 is 0.600 bits per heavy atom. The maximum absolute atomic E-state index is 3.90. The molecule has 4 aliphatic rings. The van der Waals surface area contributed by atoms with Gasteiger partial charge in [-0.1, -0.05) is 81.8 Å². The molecule has 0 N–H and O–H groups in total. The Bertz CT molecular complexity index is 3120. The zero-order valence-corrected chi connectivity index (χ0v) is 43.7. The average Bonchev–Trinajstić information content (AvgIpc) is 4.23. The van der Waals surface area contributed by atoms with Gasteiger partial charge in [0.2, 0.25) is 0 Å². The van der Waals surface area contributed by atoms with Crippen LogP contribution >= 0.6 is 0 Å². The van der Waals surface area contributed by atoms with Gasteiger partial charge in [0, 0.05) is 22.7 Å². The smallest absolute Gasteiger partial charge is 0.519 e. The maximum atomic E-state index is 3.90. The molecule has 9 nitrogen and oxygen atoms in total. The molecule has 0 fully saturated rings. The van der Waals surface area contributed by atoms with Gasteiger partial charge in [-0.25, -0.2) is 22.6 Å². The number of rotatable bonds is 9. The number of fused-ring (bicyclic) bond motifs is 3. The van der Waals surface area contributed by atoms with Crippen LogP contribution in [0.2, 0.25) is 0 Å². The van der Waals surface area contributed by atoms with Crippen molar-refractivity contribution in [1.29, 1.82) is 0 Å². The van der Waals surface area contributed by atoms with Crippen LogP contribution in [0.1, 0.15) is 27.8 Å². The van der Waals surface area contributed by atoms with Gasteiger partial charge in [-0.2, -0.15) is 35.0 Å². The van der Waals surface area contributed by atoms with E-state index in [9.17, 15) is 0 Å². The predicted octanol–water partition coefficient (Wildman–Crippen LogP) is 13.2. The van der Waals surface area contributed by atoms with Crippen LogP contribution in [0.25, 0.3) is 27.5 Å². The fraction of sp³-hybridized carbons (Fsp3) is 0.0847. The topological polar surface area (TPSA) is 30.9 Å². The molecule has 0 unspecified atom stereocenters. The second-order valence-corrected chi connectivity index (χ2v) is 17.7. The van der Waals surface area contributed by atoms with Crippen molar-refractivity contribution in [3.05, 3.63) is 250 Å². The number of benzene rings is 7. The Labute approximate surface area is 440 Å². The van der Waals surface area contributed by atoms with Crippen LogP contribution in [0.3, 0.4) is 0 Å². The van der Waals surface area contributed by atoms with Crippen molar-refractivity contribution in [3.8, 4) is 5.69 Å². The van der Waals surface area contributed by atoms with E-state index in [1.54, 1.807) is 0 Å². The van der Waals surface area contributed by atoms with Gasteiger partial charge < -0.3 is 55.9 Å². The number of hydrogen-bond donors (Lipinski definition) is 0. The van der Waals surface area contributed by atoms with Crippen molar-refractivity contribution in [2.45, 2.75) is 34.6 Å². The van der Waals surface area contributed by atoms with E-state index in [0.29, 0.717) is 0 Å². The third kappa shape index (κ3) is 8.71. The average molecular weight is 1270 g/mol. The molecule has 0 amide bonds. The first kappa shape index (κ1) is 46.8. The number of aryl methyl sites for hydroxylation is 4. The molecule has 7 aromatic carbocycles. The van der Waals surface area contributed by atoms with Crippen molar-refractivity contribution >= 4 is 67.3 Å². The predicted molar refractivity (Wildman–Crippen MR) is 279 cm³/mol. The number of anilines is 8. The Hall–Kier alpha value is -6.92. The molecule has 0 atom stereocenters. The van der Waals surface area contributed by atoms with E-state index >= 15 is 0 Å². The standard InChI is InChI=1S/C59H47N9.2Pt/c1-42-6-14-47(15-7-42)60-26-28-64(38-60)51-22-24-54-55-25-23-52(65-29-27-61(39-65)48-16-8-43(2)9-17-48)35-59(55)68(58(54)34-51)53-36-56(66-32-30-62(40-66)49-18-10-44(3)11-19-49)46(5)57(37-53)67-33-31-63(41-67)50-20-12-45(4)13-21-50;;/h6-33,38-41H,1-5H3;;/q-8;2*+4. The minimum atomic E-state index is 0. The second-order valence-electron chi connectivity index (χ2n) is 17.7. The second kappa shape index (κ2) is 19.1. The summed E-state index contributed by atoms with van der Waals surface area (Å²) in [5.74, 6) is 0. The zero-order chi connectivity index (χ0) is 46.0. The molecule has 0 bridgehead atoms. The van der Waals surface area contributed by atoms with Crippen molar-refractivity contribution in [3.63, 3.8) is 0 Å². The van der Waals surface area contributed by atoms with Crippen molar-refractivity contribution in [1.82, 2.24) is 4.57 Å². The molecule has 12 rings (SSSR count). The molecule has 5 heterocycles. The van der Waals surface area contributed by atoms with Crippen LogP contribution < -0.4 is 39.2 Å². The first-order chi connectivity index (χ1) is 33.2. The SMILES string of the molecule is Cc1ccc(N2C=CN(c3[c-]c4c(cc3)c3ccc(N5C=CN(c6ccc(C)cc6)[CH-]5)[c-]c3n4-c3[c-]c(N4C=CN(c5ccc(C)cc5)[CH-]4)c(C)c(N4C=CN(c5ccc(C)cc5)[CH-]4)[c-]3)[CH-]2)cc1.[Pt+4].[Pt+4]. The minimum Gasteiger partial charge on any atom is -0.519 e. The molecule has 4 aliphatic heterocycles. The normalized spacial score (nSPS) is 15.2. The van der Waals surface area contributed by atoms with Gasteiger partial charge in [0.1, 0.15) is 0 Å². The fourth-order valence-corrected chi connectivity index (χ4v) is 9.00. The monoisotopic (exact) mass is 1270 g/mol. The third-order valence-electron chi connectivity index (χ3n) is 12.9. The molecule has 348 valence electrons. The van der Waals surface area contributed by atoms with Crippen molar-refractivity contribution in [2.24, 2.45) is 0 Å². The van der Waals surface area contributed by atoms with E-state index in [1.807, 2.05) is 0 Å². The van der Waals surface area contributed by atoms with E-state index in [0.717, 1.165) is 78.6 Å². The van der Waals surface area contributed by atoms with Gasteiger partial charge in [-0.05, 0) is 126 Å². The van der Waals surface area contributed by atoms with Crippen LogP contribution in [0.15, 0.2) is 171 Å². The quantitative estimate of drug-likeness (QED) is 0.132. The van der Waals surface area contributed by atoms with Gasteiger partial charge >= 0.3 is 42.1 Å². The minimum absolute atomic E-state index is 0. The Morgan fingerprint density at radius 1 is 0.314 bits per heavy atom. The van der Waals surface area contributed by atoms with Gasteiger partial charge in [0.05, 0.1) is 0 Å². The summed E-state index contributed by atoms with van der Waals surface area (Å²) < 4.78 is 2.23. The summed E-state index contributed by atoms with van der Waals surface area (Å²) >= 11 is 0. The summed E-state index contributed by atoms with van der Waals surface area (Å²) in [5.41, 5.74) is 16.3. The number of hydrogen-bond acceptors (Lipinski definition) is 8. The van der Waals surface area contributed by atoms with Crippen LogP contribution in [0.5, 0.6) is 0 Å². The fourth-order valence-electron chi connectivity index (χ4n) is 9.00. The van der Waals surface area contributed by atoms with Crippen molar-refractivity contribution in [2.75, 3.05) is 39.2 Å². The third-order valence-corrected chi connectivity index (χ3v) is 12.9. The Morgan fingerprint density at radius 3 is 0.929 bits per heavy atom. The van der Waals surface area contributed by atoms with Gasteiger partial charge in [-0.3, -0.25) is 0 Å². The molecule has 8 aromatic rings. The summed E-state index contributed by atoms with van der Waals surface area (Å²) in [6, 6.07) is 58.5. The Balaban J connectivity index is 0.00000284. The molecule has 1 aromatic heterocycles. The summed E-state index contributed by atoms with van der Waals surface area (Å²) in [5, 5.41) is 2.10. The molecule has 70 heavy (non-hydrogen) atoms. The number of nitrogens with zero attached hydrogens (tertiary/aromatic N) is 9. The van der Waals surface area contributed by atoms with Crippen LogP contribution in [0, 0.1) is 85.6 Å². The zero-order valence-electron chi connectivity index (χ0n) is 39.1. The van der Waals surface area contributed by atoms with E-state index in [1.165, 1.54) is 22.3 Å². The molecule has 0 saturated heterocycles. The van der Waals surface area contributed by atoms with E-state index in [-0.39, 0.29) is 42.1 Å². The molecule has 0 aliphatic carbocycles. The maximum Gasteiger partial charge on any atom is 4.00 e. The summed E-state index contributed by atoms with van der Waals surface area (Å²) in [4.78, 5) is 17.1.